The van der Waals surface area contributed by atoms with Crippen molar-refractivity contribution in [1.29, 1.82) is 0 Å². The van der Waals surface area contributed by atoms with E-state index in [0.29, 0.717) is 12.0 Å². The fraction of sp³-hybridized carbons (Fsp3) is 0.235. The number of hydrogen-bond donors (Lipinski definition) is 1. The summed E-state index contributed by atoms with van der Waals surface area (Å²) >= 11 is 0. The van der Waals surface area contributed by atoms with Crippen LogP contribution < -0.4 is 5.43 Å². The summed E-state index contributed by atoms with van der Waals surface area (Å²) in [5.41, 5.74) is 0.156. The standard InChI is InChI=1S/C17H14F2O3/c1-9(20)17-15(10-3-2-4-11(18)7-10)16(21)13-8-12(19)5-6-14(13)22-17/h3,5-9,20H,2,4H2,1H3. The van der Waals surface area contributed by atoms with Gasteiger partial charge in [-0.2, -0.15) is 0 Å². The molecule has 1 aliphatic rings. The van der Waals surface area contributed by atoms with Gasteiger partial charge in [0.15, 0.2) is 0 Å². The van der Waals surface area contributed by atoms with Crippen LogP contribution in [0.4, 0.5) is 8.78 Å². The summed E-state index contributed by atoms with van der Waals surface area (Å²) in [4.78, 5) is 12.7. The van der Waals surface area contributed by atoms with Crippen LogP contribution >= 0.6 is 0 Å². The third-order valence-corrected chi connectivity index (χ3v) is 3.61. The second kappa shape index (κ2) is 5.50. The molecule has 114 valence electrons. The van der Waals surface area contributed by atoms with Gasteiger partial charge in [-0.3, -0.25) is 4.79 Å². The molecule has 1 aliphatic carbocycles. The van der Waals surface area contributed by atoms with Crippen LogP contribution in [0.1, 0.15) is 37.2 Å². The van der Waals surface area contributed by atoms with Crippen molar-refractivity contribution in [3.05, 3.63) is 63.5 Å². The van der Waals surface area contributed by atoms with Crippen LogP contribution in [0, 0.1) is 5.82 Å². The van der Waals surface area contributed by atoms with Crippen LogP contribution in [-0.4, -0.2) is 5.11 Å². The molecule has 1 aromatic heterocycles. The zero-order valence-electron chi connectivity index (χ0n) is 11.9. The van der Waals surface area contributed by atoms with Gasteiger partial charge >= 0.3 is 0 Å². The molecule has 0 radical (unpaired) electrons. The van der Waals surface area contributed by atoms with E-state index in [9.17, 15) is 18.7 Å². The van der Waals surface area contributed by atoms with Crippen molar-refractivity contribution in [2.75, 3.05) is 0 Å². The maximum absolute atomic E-state index is 13.5. The molecule has 0 saturated heterocycles. The van der Waals surface area contributed by atoms with Crippen LogP contribution in [0.5, 0.6) is 0 Å². The summed E-state index contributed by atoms with van der Waals surface area (Å²) in [5, 5.41) is 9.96. The molecule has 2 aromatic rings. The first-order chi connectivity index (χ1) is 10.5. The van der Waals surface area contributed by atoms with Crippen molar-refractivity contribution in [3.8, 4) is 0 Å². The highest BCUT2D eigenvalue weighted by Crippen LogP contribution is 2.31. The zero-order chi connectivity index (χ0) is 15.9. The number of aliphatic hydroxyl groups is 1. The summed E-state index contributed by atoms with van der Waals surface area (Å²) in [5.74, 6) is -0.844. The molecule has 0 fully saturated rings. The Kier molecular flexibility index (Phi) is 3.66. The predicted octanol–water partition coefficient (Wildman–Crippen LogP) is 4.02. The second-order valence-electron chi connectivity index (χ2n) is 5.28. The molecule has 1 atom stereocenters. The van der Waals surface area contributed by atoms with Gasteiger partial charge in [-0.25, -0.2) is 8.78 Å². The van der Waals surface area contributed by atoms with Crippen molar-refractivity contribution in [3.63, 3.8) is 0 Å². The van der Waals surface area contributed by atoms with Crippen molar-refractivity contribution in [1.82, 2.24) is 0 Å². The van der Waals surface area contributed by atoms with Crippen molar-refractivity contribution < 1.29 is 18.3 Å². The Balaban J connectivity index is 2.36. The van der Waals surface area contributed by atoms with Gasteiger partial charge < -0.3 is 9.52 Å². The molecule has 1 aromatic carbocycles. The van der Waals surface area contributed by atoms with E-state index >= 15 is 0 Å². The number of fused-ring (bicyclic) bond motifs is 1. The second-order valence-corrected chi connectivity index (χ2v) is 5.28. The van der Waals surface area contributed by atoms with E-state index < -0.39 is 17.3 Å². The monoisotopic (exact) mass is 304 g/mol. The van der Waals surface area contributed by atoms with Gasteiger partial charge in [0.05, 0.1) is 10.9 Å². The van der Waals surface area contributed by atoms with Crippen molar-refractivity contribution in [2.45, 2.75) is 25.9 Å². The first-order valence-corrected chi connectivity index (χ1v) is 6.98. The fourth-order valence-corrected chi connectivity index (χ4v) is 2.59. The van der Waals surface area contributed by atoms with E-state index in [-0.39, 0.29) is 34.5 Å². The average Bonchev–Trinajstić information content (AvgIpc) is 2.47. The number of allylic oxidation sites excluding steroid dienone is 4. The lowest BCUT2D eigenvalue weighted by Crippen LogP contribution is -2.14. The van der Waals surface area contributed by atoms with Gasteiger partial charge in [-0.15, -0.1) is 0 Å². The molecule has 1 unspecified atom stereocenters. The largest absolute Gasteiger partial charge is 0.457 e. The molecular weight excluding hydrogens is 290 g/mol. The van der Waals surface area contributed by atoms with Gasteiger partial charge in [-0.1, -0.05) is 6.08 Å². The molecule has 5 heteroatoms. The lowest BCUT2D eigenvalue weighted by atomic mass is 9.95. The lowest BCUT2D eigenvalue weighted by Gasteiger charge is -2.15. The van der Waals surface area contributed by atoms with E-state index in [2.05, 4.69) is 0 Å². The Morgan fingerprint density at radius 1 is 1.32 bits per heavy atom. The van der Waals surface area contributed by atoms with Crippen LogP contribution in [0.15, 0.2) is 45.4 Å². The Morgan fingerprint density at radius 3 is 2.77 bits per heavy atom. The molecule has 3 rings (SSSR count). The van der Waals surface area contributed by atoms with E-state index in [1.54, 1.807) is 6.08 Å². The third-order valence-electron chi connectivity index (χ3n) is 3.61. The summed E-state index contributed by atoms with van der Waals surface area (Å²) < 4.78 is 32.5. The molecule has 0 aliphatic heterocycles. The molecule has 3 nitrogen and oxygen atoms in total. The third kappa shape index (κ3) is 2.48. The minimum absolute atomic E-state index is 0.0568. The minimum atomic E-state index is -1.04. The molecule has 1 N–H and O–H groups in total. The number of halogens is 2. The summed E-state index contributed by atoms with van der Waals surface area (Å²) in [7, 11) is 0. The van der Waals surface area contributed by atoms with Gasteiger partial charge in [0.1, 0.15) is 29.1 Å². The molecule has 0 bridgehead atoms. The first-order valence-electron chi connectivity index (χ1n) is 6.98. The summed E-state index contributed by atoms with van der Waals surface area (Å²) in [6, 6.07) is 3.60. The molecule has 0 spiro atoms. The number of benzene rings is 1. The highest BCUT2D eigenvalue weighted by molar-refractivity contribution is 5.85. The topological polar surface area (TPSA) is 50.4 Å². The zero-order valence-corrected chi connectivity index (χ0v) is 11.9. The average molecular weight is 304 g/mol. The van der Waals surface area contributed by atoms with Crippen LogP contribution in [0.25, 0.3) is 16.5 Å². The minimum Gasteiger partial charge on any atom is -0.457 e. The molecule has 0 amide bonds. The van der Waals surface area contributed by atoms with Gasteiger partial charge in [0.2, 0.25) is 5.43 Å². The normalized spacial score (nSPS) is 16.4. The Labute approximate surface area is 125 Å². The van der Waals surface area contributed by atoms with Gasteiger partial charge in [-0.05, 0) is 43.2 Å². The summed E-state index contributed by atoms with van der Waals surface area (Å²) in [6.45, 7) is 1.46. The highest BCUT2D eigenvalue weighted by Gasteiger charge is 2.22. The molecular formula is C17H14F2O3. The maximum atomic E-state index is 13.5. The SMILES string of the molecule is CC(O)c1oc2ccc(F)cc2c(=O)c1C1=CCCC(F)=C1. The predicted molar refractivity (Wildman–Crippen MR) is 79.5 cm³/mol. The van der Waals surface area contributed by atoms with E-state index in [0.717, 1.165) is 6.07 Å². The van der Waals surface area contributed by atoms with E-state index in [1.165, 1.54) is 25.1 Å². The highest BCUT2D eigenvalue weighted by atomic mass is 19.1. The quantitative estimate of drug-likeness (QED) is 0.911. The van der Waals surface area contributed by atoms with Gasteiger partial charge in [0.25, 0.3) is 0 Å². The molecule has 1 heterocycles. The Bertz CT molecular complexity index is 860. The van der Waals surface area contributed by atoms with E-state index in [1.807, 2.05) is 0 Å². The number of hydrogen-bond acceptors (Lipinski definition) is 3. The van der Waals surface area contributed by atoms with Crippen LogP contribution in [0.3, 0.4) is 0 Å². The maximum Gasteiger partial charge on any atom is 0.200 e. The fourth-order valence-electron chi connectivity index (χ4n) is 2.59. The molecule has 22 heavy (non-hydrogen) atoms. The number of rotatable bonds is 2. The first kappa shape index (κ1) is 14.7. The van der Waals surface area contributed by atoms with Crippen molar-refractivity contribution >= 4 is 16.5 Å². The van der Waals surface area contributed by atoms with Crippen molar-refractivity contribution in [2.24, 2.45) is 0 Å². The summed E-state index contributed by atoms with van der Waals surface area (Å²) in [6.07, 6.45) is 2.66. The van der Waals surface area contributed by atoms with Crippen LogP contribution in [0.2, 0.25) is 0 Å². The smallest absolute Gasteiger partial charge is 0.200 e. The van der Waals surface area contributed by atoms with Crippen LogP contribution in [-0.2, 0) is 0 Å². The lowest BCUT2D eigenvalue weighted by molar-refractivity contribution is 0.170. The number of aliphatic hydroxyl groups excluding tert-OH is 1. The molecule has 0 saturated carbocycles. The Morgan fingerprint density at radius 2 is 2.09 bits per heavy atom. The Hall–Kier alpha value is -2.27. The van der Waals surface area contributed by atoms with Gasteiger partial charge in [0, 0.05) is 6.42 Å². The van der Waals surface area contributed by atoms with E-state index in [4.69, 9.17) is 4.42 Å².